The van der Waals surface area contributed by atoms with Crippen LogP contribution in [-0.2, 0) is 6.42 Å². The second-order valence-electron chi connectivity index (χ2n) is 3.15. The molecule has 1 heterocycles. The van der Waals surface area contributed by atoms with Gasteiger partial charge in [0.1, 0.15) is 0 Å². The summed E-state index contributed by atoms with van der Waals surface area (Å²) in [6.07, 6.45) is 1.12. The lowest BCUT2D eigenvalue weighted by Crippen LogP contribution is -2.09. The van der Waals surface area contributed by atoms with Gasteiger partial charge < -0.3 is 5.32 Å². The number of hydrogen-bond acceptors (Lipinski definition) is 2. The third-order valence-corrected chi connectivity index (χ3v) is 3.06. The van der Waals surface area contributed by atoms with Gasteiger partial charge >= 0.3 is 0 Å². The average Bonchev–Trinajstić information content (AvgIpc) is 2.61. The second-order valence-corrected chi connectivity index (χ2v) is 4.09. The normalized spacial score (nSPS) is 10.8. The molecule has 0 bridgehead atoms. The van der Waals surface area contributed by atoms with Crippen LogP contribution < -0.4 is 5.32 Å². The first kappa shape index (κ1) is 8.73. The molecule has 0 unspecified atom stereocenters. The predicted molar refractivity (Wildman–Crippen MR) is 59.5 cm³/mol. The third-order valence-electron chi connectivity index (χ3n) is 2.18. The fourth-order valence-corrected chi connectivity index (χ4v) is 2.28. The van der Waals surface area contributed by atoms with Gasteiger partial charge in [-0.05, 0) is 48.5 Å². The van der Waals surface area contributed by atoms with Crippen LogP contribution in [0, 0.1) is 0 Å². The smallest absolute Gasteiger partial charge is 0.0345 e. The van der Waals surface area contributed by atoms with E-state index in [1.807, 2.05) is 18.4 Å². The Hall–Kier alpha value is -0.860. The van der Waals surface area contributed by atoms with E-state index in [9.17, 15) is 0 Å². The van der Waals surface area contributed by atoms with Crippen molar-refractivity contribution in [2.45, 2.75) is 6.42 Å². The van der Waals surface area contributed by atoms with E-state index in [0.717, 1.165) is 13.0 Å². The van der Waals surface area contributed by atoms with Gasteiger partial charge in [0.25, 0.3) is 0 Å². The van der Waals surface area contributed by atoms with Crippen LogP contribution in [0.5, 0.6) is 0 Å². The lowest BCUT2D eigenvalue weighted by molar-refractivity contribution is 0.792. The summed E-state index contributed by atoms with van der Waals surface area (Å²) in [5.41, 5.74) is 1.42. The summed E-state index contributed by atoms with van der Waals surface area (Å²) in [6.45, 7) is 1.05. The minimum Gasteiger partial charge on any atom is -0.319 e. The molecule has 2 heteroatoms. The van der Waals surface area contributed by atoms with E-state index in [-0.39, 0.29) is 0 Å². The van der Waals surface area contributed by atoms with Gasteiger partial charge in [-0.3, -0.25) is 0 Å². The predicted octanol–water partition coefficient (Wildman–Crippen LogP) is 2.66. The topological polar surface area (TPSA) is 12.0 Å². The molecular formula is C11H13NS. The van der Waals surface area contributed by atoms with Crippen molar-refractivity contribution < 1.29 is 0 Å². The molecule has 68 valence electrons. The van der Waals surface area contributed by atoms with Crippen molar-refractivity contribution in [3.8, 4) is 0 Å². The Morgan fingerprint density at radius 3 is 3.08 bits per heavy atom. The quantitative estimate of drug-likeness (QED) is 0.786. The fourth-order valence-electron chi connectivity index (χ4n) is 1.42. The minimum absolute atomic E-state index is 1.05. The Kier molecular flexibility index (Phi) is 2.62. The number of benzene rings is 1. The van der Waals surface area contributed by atoms with Gasteiger partial charge in [0.2, 0.25) is 0 Å². The van der Waals surface area contributed by atoms with Crippen LogP contribution in [-0.4, -0.2) is 13.6 Å². The number of rotatable bonds is 3. The maximum atomic E-state index is 3.16. The van der Waals surface area contributed by atoms with Crippen LogP contribution in [0.4, 0.5) is 0 Å². The Labute approximate surface area is 82.4 Å². The molecule has 1 aromatic heterocycles. The zero-order valence-electron chi connectivity index (χ0n) is 7.71. The van der Waals surface area contributed by atoms with E-state index < -0.39 is 0 Å². The van der Waals surface area contributed by atoms with Crippen LogP contribution >= 0.6 is 11.3 Å². The van der Waals surface area contributed by atoms with Crippen LogP contribution in [0.3, 0.4) is 0 Å². The molecule has 0 spiro atoms. The standard InChI is InChI=1S/C11H13NS/c1-12-6-4-9-2-3-10-5-7-13-11(10)8-9/h2-3,5,7-8,12H,4,6H2,1H3. The number of hydrogen-bond donors (Lipinski definition) is 1. The lowest BCUT2D eigenvalue weighted by atomic mass is 10.1. The first-order valence-electron chi connectivity index (χ1n) is 4.51. The van der Waals surface area contributed by atoms with Crippen molar-refractivity contribution in [3.05, 3.63) is 35.2 Å². The maximum absolute atomic E-state index is 3.16. The summed E-state index contributed by atoms with van der Waals surface area (Å²) in [6, 6.07) is 8.88. The van der Waals surface area contributed by atoms with E-state index in [0.29, 0.717) is 0 Å². The van der Waals surface area contributed by atoms with Crippen LogP contribution in [0.1, 0.15) is 5.56 Å². The first-order valence-corrected chi connectivity index (χ1v) is 5.39. The molecule has 0 saturated carbocycles. The number of likely N-dealkylation sites (N-methyl/N-ethyl adjacent to an activating group) is 1. The summed E-state index contributed by atoms with van der Waals surface area (Å²) < 4.78 is 1.40. The Morgan fingerprint density at radius 1 is 1.31 bits per heavy atom. The van der Waals surface area contributed by atoms with Gasteiger partial charge in [0.15, 0.2) is 0 Å². The van der Waals surface area contributed by atoms with Crippen LogP contribution in [0.15, 0.2) is 29.6 Å². The van der Waals surface area contributed by atoms with Gasteiger partial charge in [-0.25, -0.2) is 0 Å². The highest BCUT2D eigenvalue weighted by molar-refractivity contribution is 7.17. The van der Waals surface area contributed by atoms with Crippen LogP contribution in [0.25, 0.3) is 10.1 Å². The molecule has 0 saturated heterocycles. The van der Waals surface area contributed by atoms with Crippen molar-refractivity contribution >= 4 is 21.4 Å². The van der Waals surface area contributed by atoms with Gasteiger partial charge in [-0.15, -0.1) is 11.3 Å². The molecule has 0 aliphatic heterocycles. The Morgan fingerprint density at radius 2 is 2.23 bits per heavy atom. The Balaban J connectivity index is 2.26. The number of thiophene rings is 1. The molecule has 13 heavy (non-hydrogen) atoms. The summed E-state index contributed by atoms with van der Waals surface area (Å²) >= 11 is 1.81. The number of fused-ring (bicyclic) bond motifs is 1. The molecule has 2 aromatic rings. The SMILES string of the molecule is CNCCc1ccc2ccsc2c1. The molecule has 0 radical (unpaired) electrons. The van der Waals surface area contributed by atoms with Crippen LogP contribution in [0.2, 0.25) is 0 Å². The molecule has 1 aromatic carbocycles. The van der Waals surface area contributed by atoms with Crippen molar-refractivity contribution in [2.24, 2.45) is 0 Å². The summed E-state index contributed by atoms with van der Waals surface area (Å²) in [4.78, 5) is 0. The van der Waals surface area contributed by atoms with Crippen molar-refractivity contribution in [1.82, 2.24) is 5.32 Å². The maximum Gasteiger partial charge on any atom is 0.0345 e. The van der Waals surface area contributed by atoms with E-state index in [1.54, 1.807) is 0 Å². The van der Waals surface area contributed by atoms with Crippen molar-refractivity contribution in [1.29, 1.82) is 0 Å². The minimum atomic E-state index is 1.05. The molecule has 2 rings (SSSR count). The molecule has 0 fully saturated rings. The summed E-state index contributed by atoms with van der Waals surface area (Å²) in [5, 5.41) is 6.67. The molecule has 1 nitrogen and oxygen atoms in total. The van der Waals surface area contributed by atoms with Gasteiger partial charge in [0, 0.05) is 4.70 Å². The third kappa shape index (κ3) is 1.90. The van der Waals surface area contributed by atoms with Gasteiger partial charge in [-0.1, -0.05) is 12.1 Å². The molecule has 0 amide bonds. The average molecular weight is 191 g/mol. The summed E-state index contributed by atoms with van der Waals surface area (Å²) in [7, 11) is 1.99. The monoisotopic (exact) mass is 191 g/mol. The van der Waals surface area contributed by atoms with E-state index >= 15 is 0 Å². The number of nitrogens with one attached hydrogen (secondary N) is 1. The zero-order chi connectivity index (χ0) is 9.10. The van der Waals surface area contributed by atoms with E-state index in [2.05, 4.69) is 35.0 Å². The fraction of sp³-hybridized carbons (Fsp3) is 0.273. The van der Waals surface area contributed by atoms with E-state index in [1.165, 1.54) is 15.6 Å². The Bertz CT molecular complexity index is 392. The molecular weight excluding hydrogens is 178 g/mol. The zero-order valence-corrected chi connectivity index (χ0v) is 8.53. The highest BCUT2D eigenvalue weighted by Gasteiger charge is 1.96. The lowest BCUT2D eigenvalue weighted by Gasteiger charge is -2.00. The van der Waals surface area contributed by atoms with Crippen molar-refractivity contribution in [2.75, 3.05) is 13.6 Å². The molecule has 0 aliphatic rings. The molecule has 0 atom stereocenters. The summed E-state index contributed by atoms with van der Waals surface area (Å²) in [5.74, 6) is 0. The first-order chi connectivity index (χ1) is 6.40. The molecule has 0 aliphatic carbocycles. The molecule has 1 N–H and O–H groups in total. The second kappa shape index (κ2) is 3.90. The van der Waals surface area contributed by atoms with Gasteiger partial charge in [-0.2, -0.15) is 0 Å². The highest BCUT2D eigenvalue weighted by atomic mass is 32.1. The largest absolute Gasteiger partial charge is 0.319 e. The highest BCUT2D eigenvalue weighted by Crippen LogP contribution is 2.21. The van der Waals surface area contributed by atoms with Gasteiger partial charge in [0.05, 0.1) is 0 Å². The van der Waals surface area contributed by atoms with E-state index in [4.69, 9.17) is 0 Å². The van der Waals surface area contributed by atoms with Crippen molar-refractivity contribution in [3.63, 3.8) is 0 Å².